The van der Waals surface area contributed by atoms with Gasteiger partial charge in [-0.2, -0.15) is 0 Å². The van der Waals surface area contributed by atoms with Gasteiger partial charge in [0.1, 0.15) is 0 Å². The summed E-state index contributed by atoms with van der Waals surface area (Å²) in [6.45, 7) is 9.00. The molecule has 0 unspecified atom stereocenters. The molecular weight excluding hydrogens is 244 g/mol. The fourth-order valence-corrected chi connectivity index (χ4v) is 2.50. The van der Waals surface area contributed by atoms with Crippen LogP contribution in [0.3, 0.4) is 0 Å². The van der Waals surface area contributed by atoms with Crippen LogP contribution in [0.1, 0.15) is 40.0 Å². The number of hydrogen-bond donors (Lipinski definition) is 1. The number of urea groups is 1. The Balaban J connectivity index is 2.41. The predicted molar refractivity (Wildman–Crippen MR) is 74.0 cm³/mol. The van der Waals surface area contributed by atoms with Crippen molar-refractivity contribution in [3.05, 3.63) is 0 Å². The normalized spacial score (nSPS) is 15.5. The fourth-order valence-electron chi connectivity index (χ4n) is 2.50. The molecule has 5 nitrogen and oxygen atoms in total. The molecular formula is C14H26N2O3. The average Bonchev–Trinajstić information content (AvgIpc) is 2.34. The lowest BCUT2D eigenvalue weighted by Crippen LogP contribution is -2.55. The number of amides is 2. The van der Waals surface area contributed by atoms with Crippen LogP contribution in [0, 0.1) is 11.8 Å². The van der Waals surface area contributed by atoms with Crippen molar-refractivity contribution >= 4 is 12.0 Å². The molecule has 0 aromatic heterocycles. The number of aliphatic carboxylic acids is 1. The van der Waals surface area contributed by atoms with Crippen molar-refractivity contribution in [3.63, 3.8) is 0 Å². The summed E-state index contributed by atoms with van der Waals surface area (Å²) in [5, 5.41) is 8.70. The second-order valence-electron chi connectivity index (χ2n) is 5.37. The standard InChI is InChI=1S/C14H26N2O3/c1-4-11(5-2)8-15(6-3)14(19)16-9-12(10-16)7-13(17)18/h11-12H,4-10H2,1-3H3,(H,17,18). The monoisotopic (exact) mass is 270 g/mol. The van der Waals surface area contributed by atoms with Crippen LogP contribution >= 0.6 is 0 Å². The first kappa shape index (κ1) is 15.8. The maximum Gasteiger partial charge on any atom is 0.320 e. The maximum absolute atomic E-state index is 12.3. The summed E-state index contributed by atoms with van der Waals surface area (Å²) in [5.41, 5.74) is 0. The van der Waals surface area contributed by atoms with Gasteiger partial charge >= 0.3 is 12.0 Å². The topological polar surface area (TPSA) is 60.9 Å². The Kier molecular flexibility index (Phi) is 6.12. The molecule has 1 aliphatic heterocycles. The number of rotatable bonds is 7. The van der Waals surface area contributed by atoms with E-state index < -0.39 is 5.97 Å². The Bertz CT molecular complexity index is 310. The molecule has 1 N–H and O–H groups in total. The van der Waals surface area contributed by atoms with Crippen LogP contribution in [0.5, 0.6) is 0 Å². The van der Waals surface area contributed by atoms with E-state index >= 15 is 0 Å². The first-order valence-electron chi connectivity index (χ1n) is 7.27. The van der Waals surface area contributed by atoms with E-state index in [1.165, 1.54) is 0 Å². The van der Waals surface area contributed by atoms with Crippen molar-refractivity contribution in [2.75, 3.05) is 26.2 Å². The Labute approximate surface area is 115 Å². The van der Waals surface area contributed by atoms with Gasteiger partial charge in [-0.25, -0.2) is 4.79 Å². The number of carbonyl (C=O) groups is 2. The molecule has 1 aliphatic rings. The minimum Gasteiger partial charge on any atom is -0.481 e. The van der Waals surface area contributed by atoms with Crippen LogP contribution in [0.2, 0.25) is 0 Å². The summed E-state index contributed by atoms with van der Waals surface area (Å²) in [7, 11) is 0. The van der Waals surface area contributed by atoms with Gasteiger partial charge in [-0.1, -0.05) is 26.7 Å². The molecule has 0 radical (unpaired) electrons. The van der Waals surface area contributed by atoms with E-state index in [0.29, 0.717) is 19.0 Å². The van der Waals surface area contributed by atoms with Crippen LogP contribution < -0.4 is 0 Å². The first-order valence-corrected chi connectivity index (χ1v) is 7.27. The lowest BCUT2D eigenvalue weighted by Gasteiger charge is -2.41. The lowest BCUT2D eigenvalue weighted by molar-refractivity contribution is -0.139. The zero-order valence-electron chi connectivity index (χ0n) is 12.3. The quantitative estimate of drug-likeness (QED) is 0.772. The lowest BCUT2D eigenvalue weighted by atomic mass is 9.97. The van der Waals surface area contributed by atoms with E-state index in [1.807, 2.05) is 11.8 Å². The second-order valence-corrected chi connectivity index (χ2v) is 5.37. The summed E-state index contributed by atoms with van der Waals surface area (Å²) in [5.74, 6) is -0.0882. The first-order chi connectivity index (χ1) is 9.01. The molecule has 1 rings (SSSR count). The zero-order valence-corrected chi connectivity index (χ0v) is 12.3. The Morgan fingerprint density at radius 1 is 1.26 bits per heavy atom. The Morgan fingerprint density at radius 2 is 1.84 bits per heavy atom. The highest BCUT2D eigenvalue weighted by Gasteiger charge is 2.34. The zero-order chi connectivity index (χ0) is 14.4. The van der Waals surface area contributed by atoms with Crippen molar-refractivity contribution in [2.45, 2.75) is 40.0 Å². The van der Waals surface area contributed by atoms with Crippen molar-refractivity contribution < 1.29 is 14.7 Å². The number of carboxylic acid groups (broad SMARTS) is 1. The van der Waals surface area contributed by atoms with Crippen molar-refractivity contribution in [1.82, 2.24) is 9.80 Å². The van der Waals surface area contributed by atoms with Gasteiger partial charge in [0.15, 0.2) is 0 Å². The van der Waals surface area contributed by atoms with Gasteiger partial charge in [0, 0.05) is 32.1 Å². The van der Waals surface area contributed by atoms with E-state index in [1.54, 1.807) is 4.90 Å². The minimum atomic E-state index is -0.776. The summed E-state index contributed by atoms with van der Waals surface area (Å²) in [6, 6.07) is 0.0658. The highest BCUT2D eigenvalue weighted by Crippen LogP contribution is 2.21. The van der Waals surface area contributed by atoms with Gasteiger partial charge in [0.25, 0.3) is 0 Å². The smallest absolute Gasteiger partial charge is 0.320 e. The van der Waals surface area contributed by atoms with Gasteiger partial charge in [-0.05, 0) is 12.8 Å². The van der Waals surface area contributed by atoms with Crippen LogP contribution in [-0.2, 0) is 4.79 Å². The largest absolute Gasteiger partial charge is 0.481 e. The molecule has 1 fully saturated rings. The number of hydrogen-bond acceptors (Lipinski definition) is 2. The predicted octanol–water partition coefficient (Wildman–Crippen LogP) is 2.27. The molecule has 2 amide bonds. The summed E-state index contributed by atoms with van der Waals surface area (Å²) < 4.78 is 0. The molecule has 0 atom stereocenters. The fraction of sp³-hybridized carbons (Fsp3) is 0.857. The molecule has 0 bridgehead atoms. The summed E-state index contributed by atoms with van der Waals surface area (Å²) >= 11 is 0. The third-order valence-electron chi connectivity index (χ3n) is 3.98. The third kappa shape index (κ3) is 4.40. The van der Waals surface area contributed by atoms with Crippen LogP contribution in [0.15, 0.2) is 0 Å². The van der Waals surface area contributed by atoms with E-state index in [4.69, 9.17) is 5.11 Å². The molecule has 0 spiro atoms. The highest BCUT2D eigenvalue weighted by atomic mass is 16.4. The van der Waals surface area contributed by atoms with Gasteiger partial charge in [0.05, 0.1) is 6.42 Å². The molecule has 19 heavy (non-hydrogen) atoms. The van der Waals surface area contributed by atoms with Gasteiger partial charge in [-0.15, -0.1) is 0 Å². The van der Waals surface area contributed by atoms with Crippen LogP contribution in [0.4, 0.5) is 4.79 Å². The molecule has 110 valence electrons. The molecule has 1 saturated heterocycles. The molecule has 0 saturated carbocycles. The van der Waals surface area contributed by atoms with E-state index in [9.17, 15) is 9.59 Å². The van der Waals surface area contributed by atoms with E-state index in [2.05, 4.69) is 13.8 Å². The van der Waals surface area contributed by atoms with Gasteiger partial charge < -0.3 is 14.9 Å². The summed E-state index contributed by atoms with van der Waals surface area (Å²) in [6.07, 6.45) is 2.34. The van der Waals surface area contributed by atoms with Gasteiger partial charge in [0.2, 0.25) is 0 Å². The highest BCUT2D eigenvalue weighted by molar-refractivity contribution is 5.76. The molecule has 5 heteroatoms. The Morgan fingerprint density at radius 3 is 2.26 bits per heavy atom. The number of carboxylic acids is 1. The summed E-state index contributed by atoms with van der Waals surface area (Å²) in [4.78, 5) is 26.5. The van der Waals surface area contributed by atoms with Crippen LogP contribution in [0.25, 0.3) is 0 Å². The molecule has 1 heterocycles. The maximum atomic E-state index is 12.3. The van der Waals surface area contributed by atoms with Crippen molar-refractivity contribution in [2.24, 2.45) is 11.8 Å². The Hall–Kier alpha value is -1.26. The van der Waals surface area contributed by atoms with Crippen molar-refractivity contribution in [1.29, 1.82) is 0 Å². The number of likely N-dealkylation sites (tertiary alicyclic amines) is 1. The third-order valence-corrected chi connectivity index (χ3v) is 3.98. The average molecular weight is 270 g/mol. The molecule has 0 aliphatic carbocycles. The second kappa shape index (κ2) is 7.36. The van der Waals surface area contributed by atoms with Crippen molar-refractivity contribution in [3.8, 4) is 0 Å². The SMILES string of the molecule is CCC(CC)CN(CC)C(=O)N1CC(CC(=O)O)C1. The number of nitrogens with zero attached hydrogens (tertiary/aromatic N) is 2. The molecule has 0 aromatic rings. The molecule has 0 aromatic carbocycles. The van der Waals surface area contributed by atoms with E-state index in [-0.39, 0.29) is 18.4 Å². The van der Waals surface area contributed by atoms with E-state index in [0.717, 1.165) is 25.9 Å². The number of carbonyl (C=O) groups excluding carboxylic acids is 1. The van der Waals surface area contributed by atoms with Crippen LogP contribution in [-0.4, -0.2) is 53.1 Å². The minimum absolute atomic E-state index is 0.0658. The van der Waals surface area contributed by atoms with Gasteiger partial charge in [-0.3, -0.25) is 4.79 Å².